The lowest BCUT2D eigenvalue weighted by molar-refractivity contribution is 0.103. The predicted octanol–water partition coefficient (Wildman–Crippen LogP) is 4.46. The van der Waals surface area contributed by atoms with E-state index >= 15 is 0 Å². The molecule has 3 aromatic heterocycles. The number of aromatic nitrogens is 3. The normalized spacial score (nSPS) is 11.2. The Morgan fingerprint density at radius 3 is 2.92 bits per heavy atom. The van der Waals surface area contributed by atoms with Crippen LogP contribution in [-0.2, 0) is 7.05 Å². The van der Waals surface area contributed by atoms with Gasteiger partial charge in [0.1, 0.15) is 10.6 Å². The van der Waals surface area contributed by atoms with Crippen molar-refractivity contribution in [3.63, 3.8) is 0 Å². The first kappa shape index (κ1) is 15.9. The summed E-state index contributed by atoms with van der Waals surface area (Å²) in [6.45, 7) is 1.92. The van der Waals surface area contributed by atoms with Gasteiger partial charge in [-0.25, -0.2) is 9.37 Å². The quantitative estimate of drug-likeness (QED) is 0.578. The van der Waals surface area contributed by atoms with Crippen molar-refractivity contribution in [2.45, 2.75) is 6.92 Å². The predicted molar refractivity (Wildman–Crippen MR) is 98.8 cm³/mol. The molecule has 0 aliphatic carbocycles. The number of anilines is 1. The molecule has 0 atom stereocenters. The fourth-order valence-corrected chi connectivity index (χ4v) is 4.32. The third kappa shape index (κ3) is 2.94. The minimum absolute atomic E-state index is 0.208. The van der Waals surface area contributed by atoms with Gasteiger partial charge in [-0.05, 0) is 25.1 Å². The maximum atomic E-state index is 13.3. The van der Waals surface area contributed by atoms with E-state index in [1.165, 1.54) is 34.8 Å². The molecule has 0 aliphatic heterocycles. The van der Waals surface area contributed by atoms with Gasteiger partial charge >= 0.3 is 0 Å². The van der Waals surface area contributed by atoms with Crippen LogP contribution in [-0.4, -0.2) is 20.7 Å². The van der Waals surface area contributed by atoms with Crippen molar-refractivity contribution in [3.8, 4) is 11.3 Å². The summed E-state index contributed by atoms with van der Waals surface area (Å²) < 4.78 is 15.1. The number of hydrogen-bond donors (Lipinski definition) is 1. The first-order valence-corrected chi connectivity index (χ1v) is 9.17. The van der Waals surface area contributed by atoms with E-state index in [2.05, 4.69) is 15.4 Å². The summed E-state index contributed by atoms with van der Waals surface area (Å²) in [5, 5.41) is 10.4. The monoisotopic (exact) mass is 372 g/mol. The second-order valence-corrected chi connectivity index (χ2v) is 7.43. The van der Waals surface area contributed by atoms with E-state index in [0.717, 1.165) is 15.9 Å². The summed E-state index contributed by atoms with van der Waals surface area (Å²) in [5.41, 5.74) is 2.21. The fourth-order valence-electron chi connectivity index (χ4n) is 2.59. The van der Waals surface area contributed by atoms with Gasteiger partial charge in [0.25, 0.3) is 5.91 Å². The molecule has 0 saturated heterocycles. The molecule has 1 amide bonds. The van der Waals surface area contributed by atoms with Gasteiger partial charge in [0.05, 0.1) is 16.3 Å². The molecular weight excluding hydrogens is 359 g/mol. The molecule has 0 unspecified atom stereocenters. The molecule has 5 nitrogen and oxygen atoms in total. The number of thiophene rings is 1. The van der Waals surface area contributed by atoms with Crippen LogP contribution in [0.3, 0.4) is 0 Å². The molecule has 4 rings (SSSR count). The van der Waals surface area contributed by atoms with Crippen molar-refractivity contribution >= 4 is 43.9 Å². The number of benzene rings is 1. The molecule has 0 radical (unpaired) electrons. The lowest BCUT2D eigenvalue weighted by Gasteiger charge is -1.99. The molecule has 1 N–H and O–H groups in total. The zero-order valence-corrected chi connectivity index (χ0v) is 15.0. The van der Waals surface area contributed by atoms with Gasteiger partial charge in [-0.1, -0.05) is 12.1 Å². The van der Waals surface area contributed by atoms with E-state index < -0.39 is 0 Å². The van der Waals surface area contributed by atoms with Gasteiger partial charge in [0.15, 0.2) is 5.13 Å². The fraction of sp³-hybridized carbons (Fsp3) is 0.118. The number of thiazole rings is 1. The molecular formula is C17H13FN4OS2. The second kappa shape index (κ2) is 6.05. The smallest absolute Gasteiger partial charge is 0.267 e. The second-order valence-electron chi connectivity index (χ2n) is 5.54. The highest BCUT2D eigenvalue weighted by Crippen LogP contribution is 2.29. The van der Waals surface area contributed by atoms with Crippen LogP contribution in [0.2, 0.25) is 0 Å². The Hall–Kier alpha value is -2.58. The molecule has 1 aromatic carbocycles. The number of nitrogens with one attached hydrogen (secondary N) is 1. The summed E-state index contributed by atoms with van der Waals surface area (Å²) in [7, 11) is 1.86. The molecule has 0 fully saturated rings. The summed E-state index contributed by atoms with van der Waals surface area (Å²) in [4.78, 5) is 18.4. The van der Waals surface area contributed by atoms with Crippen LogP contribution in [0.1, 0.15) is 15.4 Å². The van der Waals surface area contributed by atoms with E-state index in [1.54, 1.807) is 22.2 Å². The van der Waals surface area contributed by atoms with Gasteiger partial charge in [-0.15, -0.1) is 22.7 Å². The van der Waals surface area contributed by atoms with E-state index in [4.69, 9.17) is 0 Å². The molecule has 0 bridgehead atoms. The Morgan fingerprint density at radius 1 is 1.32 bits per heavy atom. The SMILES string of the molecule is Cc1nn(C)c2sc(C(=O)Nc3nc(-c4cccc(F)c4)cs3)cc12. The standard InChI is InChI=1S/C17H13FN4OS2/c1-9-12-7-14(25-16(12)22(2)21-9)15(23)20-17-19-13(8-24-17)10-4-3-5-11(18)6-10/h3-8H,1-2H3,(H,19,20,23). The zero-order chi connectivity index (χ0) is 17.6. The van der Waals surface area contributed by atoms with Gasteiger partial charge in [0.2, 0.25) is 0 Å². The number of fused-ring (bicyclic) bond motifs is 1. The molecule has 0 aliphatic rings. The van der Waals surface area contributed by atoms with Gasteiger partial charge in [-0.3, -0.25) is 14.8 Å². The molecule has 0 saturated carbocycles. The molecule has 126 valence electrons. The highest BCUT2D eigenvalue weighted by atomic mass is 32.1. The average molecular weight is 372 g/mol. The van der Waals surface area contributed by atoms with Crippen LogP contribution < -0.4 is 5.32 Å². The first-order valence-electron chi connectivity index (χ1n) is 7.47. The summed E-state index contributed by atoms with van der Waals surface area (Å²) in [6, 6.07) is 8.07. The van der Waals surface area contributed by atoms with Crippen LogP contribution in [0.4, 0.5) is 9.52 Å². The molecule has 25 heavy (non-hydrogen) atoms. The van der Waals surface area contributed by atoms with Gasteiger partial charge in [-0.2, -0.15) is 5.10 Å². The highest BCUT2D eigenvalue weighted by Gasteiger charge is 2.16. The Kier molecular flexibility index (Phi) is 3.85. The molecule has 4 aromatic rings. The summed E-state index contributed by atoms with van der Waals surface area (Å²) in [6.07, 6.45) is 0. The van der Waals surface area contributed by atoms with Crippen molar-refractivity contribution in [1.82, 2.24) is 14.8 Å². The maximum absolute atomic E-state index is 13.3. The minimum Gasteiger partial charge on any atom is -0.297 e. The minimum atomic E-state index is -0.314. The van der Waals surface area contributed by atoms with Crippen molar-refractivity contribution in [3.05, 3.63) is 52.1 Å². The summed E-state index contributed by atoms with van der Waals surface area (Å²) in [5.74, 6) is -0.522. The van der Waals surface area contributed by atoms with E-state index in [-0.39, 0.29) is 11.7 Å². The van der Waals surface area contributed by atoms with E-state index in [0.29, 0.717) is 21.3 Å². The third-order valence-corrected chi connectivity index (χ3v) is 5.72. The van der Waals surface area contributed by atoms with Gasteiger partial charge < -0.3 is 0 Å². The Labute approximate surface area is 150 Å². The van der Waals surface area contributed by atoms with Crippen molar-refractivity contribution in [1.29, 1.82) is 0 Å². The average Bonchev–Trinajstić information content (AvgIpc) is 3.26. The van der Waals surface area contributed by atoms with Crippen LogP contribution in [0.15, 0.2) is 35.7 Å². The number of nitrogens with zero attached hydrogens (tertiary/aromatic N) is 3. The Balaban J connectivity index is 1.57. The van der Waals surface area contributed by atoms with Crippen molar-refractivity contribution in [2.75, 3.05) is 5.32 Å². The summed E-state index contributed by atoms with van der Waals surface area (Å²) >= 11 is 2.70. The number of halogens is 1. The van der Waals surface area contributed by atoms with Crippen molar-refractivity contribution in [2.24, 2.45) is 7.05 Å². The topological polar surface area (TPSA) is 59.8 Å². The number of carbonyl (C=O) groups excluding carboxylic acids is 1. The lowest BCUT2D eigenvalue weighted by Crippen LogP contribution is -2.09. The molecule has 0 spiro atoms. The van der Waals surface area contributed by atoms with Gasteiger partial charge in [0, 0.05) is 23.4 Å². The third-order valence-electron chi connectivity index (χ3n) is 3.76. The van der Waals surface area contributed by atoms with Crippen LogP contribution in [0.25, 0.3) is 21.5 Å². The number of hydrogen-bond acceptors (Lipinski definition) is 5. The van der Waals surface area contributed by atoms with Crippen LogP contribution in [0, 0.1) is 12.7 Å². The highest BCUT2D eigenvalue weighted by molar-refractivity contribution is 7.20. The zero-order valence-electron chi connectivity index (χ0n) is 13.4. The Bertz CT molecular complexity index is 1060. The van der Waals surface area contributed by atoms with Crippen LogP contribution in [0.5, 0.6) is 0 Å². The first-order chi connectivity index (χ1) is 12.0. The lowest BCUT2D eigenvalue weighted by atomic mass is 10.2. The number of aryl methyl sites for hydroxylation is 2. The van der Waals surface area contributed by atoms with Crippen molar-refractivity contribution < 1.29 is 9.18 Å². The Morgan fingerprint density at radius 2 is 2.16 bits per heavy atom. The molecule has 8 heteroatoms. The largest absolute Gasteiger partial charge is 0.297 e. The van der Waals surface area contributed by atoms with E-state index in [1.807, 2.05) is 20.0 Å². The molecule has 3 heterocycles. The number of amides is 1. The number of rotatable bonds is 3. The number of carbonyl (C=O) groups is 1. The maximum Gasteiger partial charge on any atom is 0.267 e. The van der Waals surface area contributed by atoms with Crippen LogP contribution >= 0.6 is 22.7 Å². The van der Waals surface area contributed by atoms with E-state index in [9.17, 15) is 9.18 Å².